The summed E-state index contributed by atoms with van der Waals surface area (Å²) < 4.78 is 4.74. The Morgan fingerprint density at radius 3 is 2.75 bits per heavy atom. The molecule has 0 atom stereocenters. The van der Waals surface area contributed by atoms with E-state index >= 15 is 0 Å². The van der Waals surface area contributed by atoms with E-state index < -0.39 is 5.97 Å². The van der Waals surface area contributed by atoms with E-state index in [0.29, 0.717) is 10.7 Å². The zero-order valence-corrected chi connectivity index (χ0v) is 16.5. The minimum absolute atomic E-state index is 0.211. The Hall–Kier alpha value is -2.85. The van der Waals surface area contributed by atoms with Crippen LogP contribution in [-0.4, -0.2) is 19.0 Å². The van der Waals surface area contributed by atoms with Crippen LogP contribution in [0.3, 0.4) is 0 Å². The summed E-state index contributed by atoms with van der Waals surface area (Å²) >= 11 is 5.94. The fourth-order valence-electron chi connectivity index (χ4n) is 3.19. The summed E-state index contributed by atoms with van der Waals surface area (Å²) in [4.78, 5) is 24.2. The molecule has 5 heteroatoms. The van der Waals surface area contributed by atoms with E-state index in [0.717, 1.165) is 18.4 Å². The highest BCUT2D eigenvalue weighted by Gasteiger charge is 2.14. The highest BCUT2D eigenvalue weighted by molar-refractivity contribution is 6.31. The molecule has 0 heterocycles. The van der Waals surface area contributed by atoms with Crippen LogP contribution in [-0.2, 0) is 9.53 Å². The third-order valence-corrected chi connectivity index (χ3v) is 4.86. The maximum atomic E-state index is 12.3. The summed E-state index contributed by atoms with van der Waals surface area (Å²) in [7, 11) is 1.28. The number of rotatable bonds is 5. The number of anilines is 1. The van der Waals surface area contributed by atoms with E-state index in [1.165, 1.54) is 43.2 Å². The Morgan fingerprint density at radius 2 is 2.00 bits per heavy atom. The van der Waals surface area contributed by atoms with Crippen molar-refractivity contribution in [2.45, 2.75) is 25.7 Å². The van der Waals surface area contributed by atoms with Gasteiger partial charge in [0.15, 0.2) is 0 Å². The van der Waals surface area contributed by atoms with Crippen molar-refractivity contribution in [2.24, 2.45) is 0 Å². The molecule has 0 radical (unpaired) electrons. The predicted molar refractivity (Wildman–Crippen MR) is 113 cm³/mol. The number of carbonyl (C=O) groups is 2. The van der Waals surface area contributed by atoms with Crippen LogP contribution in [0.4, 0.5) is 5.69 Å². The van der Waals surface area contributed by atoms with E-state index in [2.05, 4.69) is 23.5 Å². The zero-order valence-electron chi connectivity index (χ0n) is 15.7. The summed E-state index contributed by atoms with van der Waals surface area (Å²) in [6, 6.07) is 12.8. The van der Waals surface area contributed by atoms with Crippen molar-refractivity contribution in [1.82, 2.24) is 0 Å². The lowest BCUT2D eigenvalue weighted by Gasteiger charge is -2.13. The van der Waals surface area contributed by atoms with Gasteiger partial charge >= 0.3 is 5.97 Å². The Morgan fingerprint density at radius 1 is 1.14 bits per heavy atom. The second-order valence-electron chi connectivity index (χ2n) is 6.60. The van der Waals surface area contributed by atoms with Crippen LogP contribution in [0, 0.1) is 0 Å². The first-order valence-electron chi connectivity index (χ1n) is 9.23. The van der Waals surface area contributed by atoms with E-state index in [1.807, 2.05) is 12.1 Å². The van der Waals surface area contributed by atoms with Gasteiger partial charge in [0.1, 0.15) is 0 Å². The van der Waals surface area contributed by atoms with Gasteiger partial charge in [0.25, 0.3) is 0 Å². The van der Waals surface area contributed by atoms with E-state index in [1.54, 1.807) is 18.2 Å². The fraction of sp³-hybridized carbons (Fsp3) is 0.217. The van der Waals surface area contributed by atoms with Gasteiger partial charge in [-0.05, 0) is 72.7 Å². The highest BCUT2D eigenvalue weighted by Crippen LogP contribution is 2.27. The van der Waals surface area contributed by atoms with Gasteiger partial charge in [0.2, 0.25) is 5.91 Å². The third kappa shape index (κ3) is 5.11. The number of allylic oxidation sites excluding steroid dienone is 2. The molecule has 1 amide bonds. The number of methoxy groups -OCH3 is 1. The molecule has 1 N–H and O–H groups in total. The average molecular weight is 396 g/mol. The van der Waals surface area contributed by atoms with Crippen molar-refractivity contribution in [2.75, 3.05) is 12.4 Å². The number of halogens is 1. The Bertz CT molecular complexity index is 947. The quantitative estimate of drug-likeness (QED) is 0.519. The van der Waals surface area contributed by atoms with Gasteiger partial charge in [-0.2, -0.15) is 0 Å². The Balaban J connectivity index is 1.73. The first-order valence-corrected chi connectivity index (χ1v) is 9.61. The normalized spacial score (nSPS) is 13.9. The number of hydrogen-bond acceptors (Lipinski definition) is 3. The van der Waals surface area contributed by atoms with Crippen LogP contribution in [0.1, 0.15) is 47.2 Å². The Labute approximate surface area is 169 Å². The predicted octanol–water partition coefficient (Wildman–Crippen LogP) is 5.74. The number of benzene rings is 2. The lowest BCUT2D eigenvalue weighted by molar-refractivity contribution is -0.111. The summed E-state index contributed by atoms with van der Waals surface area (Å²) in [5.74, 6) is -0.898. The second-order valence-corrected chi connectivity index (χ2v) is 7.04. The van der Waals surface area contributed by atoms with Crippen molar-refractivity contribution in [3.8, 4) is 0 Å². The molecule has 0 saturated carbocycles. The van der Waals surface area contributed by atoms with Crippen molar-refractivity contribution in [3.63, 3.8) is 0 Å². The SMILES string of the molecule is COC(=O)c1cc(Cl)ccc1NC(=O)/C=C/c1cccc(C2=CCCCC2)c1. The standard InChI is InChI=1S/C23H22ClNO3/c1-28-23(27)20-15-19(24)11-12-21(20)25-22(26)13-10-16-6-5-9-18(14-16)17-7-3-2-4-8-17/h5-7,9-15H,2-4,8H2,1H3,(H,25,26)/b13-10+. The van der Waals surface area contributed by atoms with Crippen LogP contribution in [0.25, 0.3) is 11.6 Å². The topological polar surface area (TPSA) is 55.4 Å². The van der Waals surface area contributed by atoms with Crippen LogP contribution < -0.4 is 5.32 Å². The van der Waals surface area contributed by atoms with Gasteiger partial charge in [0.05, 0.1) is 18.4 Å². The first kappa shape index (κ1) is 19.9. The van der Waals surface area contributed by atoms with Crippen molar-refractivity contribution < 1.29 is 14.3 Å². The summed E-state index contributed by atoms with van der Waals surface area (Å²) in [5.41, 5.74) is 4.08. The summed E-state index contributed by atoms with van der Waals surface area (Å²) in [6.07, 6.45) is 10.2. The van der Waals surface area contributed by atoms with E-state index in [9.17, 15) is 9.59 Å². The molecule has 3 rings (SSSR count). The van der Waals surface area contributed by atoms with Crippen LogP contribution >= 0.6 is 11.6 Å². The van der Waals surface area contributed by atoms with Gasteiger partial charge in [0, 0.05) is 11.1 Å². The smallest absolute Gasteiger partial charge is 0.340 e. The first-order chi connectivity index (χ1) is 13.6. The number of esters is 1. The van der Waals surface area contributed by atoms with Crippen molar-refractivity contribution in [3.05, 3.63) is 76.3 Å². The van der Waals surface area contributed by atoms with Gasteiger partial charge in [-0.25, -0.2) is 4.79 Å². The molecule has 28 heavy (non-hydrogen) atoms. The monoisotopic (exact) mass is 395 g/mol. The lowest BCUT2D eigenvalue weighted by atomic mass is 9.93. The van der Waals surface area contributed by atoms with Gasteiger partial charge in [-0.15, -0.1) is 0 Å². The molecule has 1 aliphatic carbocycles. The molecule has 0 bridgehead atoms. The molecule has 4 nitrogen and oxygen atoms in total. The molecule has 0 fully saturated rings. The molecule has 0 unspecified atom stereocenters. The van der Waals surface area contributed by atoms with Gasteiger partial charge < -0.3 is 10.1 Å². The van der Waals surface area contributed by atoms with E-state index in [-0.39, 0.29) is 11.5 Å². The fourth-order valence-corrected chi connectivity index (χ4v) is 3.37. The molecule has 1 aliphatic rings. The molecule has 2 aromatic carbocycles. The van der Waals surface area contributed by atoms with Crippen molar-refractivity contribution in [1.29, 1.82) is 0 Å². The summed E-state index contributed by atoms with van der Waals surface area (Å²) in [5, 5.41) is 3.10. The molecular formula is C23H22ClNO3. The number of ether oxygens (including phenoxy) is 1. The van der Waals surface area contributed by atoms with Crippen LogP contribution in [0.15, 0.2) is 54.6 Å². The van der Waals surface area contributed by atoms with Crippen LogP contribution in [0.2, 0.25) is 5.02 Å². The molecule has 144 valence electrons. The van der Waals surface area contributed by atoms with Crippen molar-refractivity contribution >= 4 is 40.8 Å². The minimum atomic E-state index is -0.560. The third-order valence-electron chi connectivity index (χ3n) is 4.62. The highest BCUT2D eigenvalue weighted by atomic mass is 35.5. The second kappa shape index (κ2) is 9.38. The maximum Gasteiger partial charge on any atom is 0.340 e. The number of amides is 1. The molecule has 2 aromatic rings. The van der Waals surface area contributed by atoms with Crippen LogP contribution in [0.5, 0.6) is 0 Å². The zero-order chi connectivity index (χ0) is 19.9. The molecule has 0 aromatic heterocycles. The molecule has 0 saturated heterocycles. The Kier molecular flexibility index (Phi) is 6.66. The number of hydrogen-bond donors (Lipinski definition) is 1. The van der Waals surface area contributed by atoms with Gasteiger partial charge in [-0.1, -0.05) is 35.9 Å². The maximum absolute atomic E-state index is 12.3. The minimum Gasteiger partial charge on any atom is -0.465 e. The lowest BCUT2D eigenvalue weighted by Crippen LogP contribution is -2.13. The molecular weight excluding hydrogens is 374 g/mol. The summed E-state index contributed by atoms with van der Waals surface area (Å²) in [6.45, 7) is 0. The number of nitrogens with one attached hydrogen (secondary N) is 1. The van der Waals surface area contributed by atoms with Gasteiger partial charge in [-0.3, -0.25) is 4.79 Å². The van der Waals surface area contributed by atoms with E-state index in [4.69, 9.17) is 16.3 Å². The largest absolute Gasteiger partial charge is 0.465 e. The average Bonchev–Trinajstić information content (AvgIpc) is 2.74. The molecule has 0 spiro atoms. The molecule has 0 aliphatic heterocycles. The number of carbonyl (C=O) groups excluding carboxylic acids is 2.